The Morgan fingerprint density at radius 2 is 1.71 bits per heavy atom. The Labute approximate surface area is 230 Å². The molecule has 1 fully saturated rings. The van der Waals surface area contributed by atoms with E-state index in [2.05, 4.69) is 27.2 Å². The van der Waals surface area contributed by atoms with Gasteiger partial charge in [-0.25, -0.2) is 4.79 Å². The lowest BCUT2D eigenvalue weighted by molar-refractivity contribution is -0.130. The predicted octanol–water partition coefficient (Wildman–Crippen LogP) is 4.71. The number of amides is 4. The van der Waals surface area contributed by atoms with Crippen LogP contribution in [0.15, 0.2) is 40.4 Å². The van der Waals surface area contributed by atoms with Gasteiger partial charge < -0.3 is 18.9 Å². The second kappa shape index (κ2) is 13.5. The highest BCUT2D eigenvalue weighted by molar-refractivity contribution is 9.10. The number of carbonyl (C=O) groups excluding carboxylic acids is 3. The number of urea groups is 1. The number of nitrogens with zero attached hydrogens (tertiary/aromatic N) is 1. The van der Waals surface area contributed by atoms with Crippen LogP contribution in [0.4, 0.5) is 4.79 Å². The van der Waals surface area contributed by atoms with Crippen molar-refractivity contribution in [2.45, 2.75) is 33.7 Å². The molecule has 1 aliphatic heterocycles. The van der Waals surface area contributed by atoms with E-state index in [1.807, 2.05) is 20.8 Å². The van der Waals surface area contributed by atoms with Gasteiger partial charge in [0.05, 0.1) is 30.8 Å². The topological polar surface area (TPSA) is 103 Å². The summed E-state index contributed by atoms with van der Waals surface area (Å²) in [4.78, 5) is 39.5. The molecule has 1 saturated heterocycles. The number of carbonyl (C=O) groups is 3. The minimum Gasteiger partial charge on any atom is -0.490 e. The first-order chi connectivity index (χ1) is 18.3. The molecule has 1 N–H and O–H groups in total. The number of hydrogen-bond donors (Lipinski definition) is 1. The zero-order valence-electron chi connectivity index (χ0n) is 21.5. The van der Waals surface area contributed by atoms with Gasteiger partial charge in [0.15, 0.2) is 23.0 Å². The van der Waals surface area contributed by atoms with E-state index >= 15 is 0 Å². The Morgan fingerprint density at radius 1 is 0.974 bits per heavy atom. The van der Waals surface area contributed by atoms with Crippen molar-refractivity contribution in [2.75, 3.05) is 26.4 Å². The number of imide groups is 2. The van der Waals surface area contributed by atoms with Crippen LogP contribution in [0.5, 0.6) is 23.0 Å². The average molecular weight is 585 g/mol. The van der Waals surface area contributed by atoms with Crippen molar-refractivity contribution in [1.82, 2.24) is 10.2 Å². The fraction of sp³-hybridized carbons (Fsp3) is 0.321. The molecular formula is C28H29BrN2O7. The molecule has 0 bridgehead atoms. The Hall–Kier alpha value is -3.97. The molecule has 0 atom stereocenters. The third kappa shape index (κ3) is 6.86. The second-order valence-electron chi connectivity index (χ2n) is 8.03. The molecule has 2 aromatic rings. The molecule has 2 aromatic carbocycles. The molecule has 0 radical (unpaired) electrons. The van der Waals surface area contributed by atoms with Gasteiger partial charge in [-0.1, -0.05) is 18.9 Å². The summed E-state index contributed by atoms with van der Waals surface area (Å²) >= 11 is 3.42. The molecule has 38 heavy (non-hydrogen) atoms. The summed E-state index contributed by atoms with van der Waals surface area (Å²) in [5.41, 5.74) is 0.910. The molecule has 0 aromatic heterocycles. The first-order valence-corrected chi connectivity index (χ1v) is 12.9. The minimum atomic E-state index is -0.810. The summed E-state index contributed by atoms with van der Waals surface area (Å²) in [6.45, 7) is 6.92. The molecule has 3 rings (SSSR count). The van der Waals surface area contributed by atoms with Crippen molar-refractivity contribution in [3.63, 3.8) is 0 Å². The molecular weight excluding hydrogens is 556 g/mol. The van der Waals surface area contributed by atoms with Gasteiger partial charge in [0.2, 0.25) is 0 Å². The molecule has 1 aliphatic rings. The Bertz CT molecular complexity index is 1280. The van der Waals surface area contributed by atoms with Crippen LogP contribution >= 0.6 is 15.9 Å². The lowest BCUT2D eigenvalue weighted by Gasteiger charge is -2.26. The van der Waals surface area contributed by atoms with Crippen LogP contribution in [0.3, 0.4) is 0 Å². The van der Waals surface area contributed by atoms with E-state index in [-0.39, 0.29) is 18.7 Å². The summed E-state index contributed by atoms with van der Waals surface area (Å²) in [7, 11) is 0. The van der Waals surface area contributed by atoms with E-state index in [1.165, 1.54) is 6.08 Å². The molecule has 200 valence electrons. The summed E-state index contributed by atoms with van der Waals surface area (Å²) in [5, 5.41) is 2.24. The number of barbiturate groups is 1. The van der Waals surface area contributed by atoms with Crippen LogP contribution in [0.25, 0.3) is 6.08 Å². The van der Waals surface area contributed by atoms with E-state index in [4.69, 9.17) is 25.4 Å². The first kappa shape index (κ1) is 28.6. The standard InChI is InChI=1S/C28H29BrN2O7/c1-5-11-37-22-10-9-18(15-23(22)35-7-3)17-31-27(33)20(26(32)30-28(31)34)13-19-14-21(29)25(38-12-6-2)24(16-19)36-8-4/h2,9-10,13-16H,5,7-8,11-12,17H2,1,3-4H3,(H,30,32,34)/b20-13+. The summed E-state index contributed by atoms with van der Waals surface area (Å²) in [6.07, 6.45) is 7.52. The zero-order chi connectivity index (χ0) is 27.7. The van der Waals surface area contributed by atoms with E-state index in [9.17, 15) is 14.4 Å². The number of halogens is 1. The van der Waals surface area contributed by atoms with Crippen molar-refractivity contribution in [3.8, 4) is 35.3 Å². The van der Waals surface area contributed by atoms with Crippen molar-refractivity contribution in [1.29, 1.82) is 0 Å². The predicted molar refractivity (Wildman–Crippen MR) is 145 cm³/mol. The maximum Gasteiger partial charge on any atom is 0.331 e. The number of hydrogen-bond acceptors (Lipinski definition) is 7. The smallest absolute Gasteiger partial charge is 0.331 e. The van der Waals surface area contributed by atoms with E-state index in [0.29, 0.717) is 58.4 Å². The Morgan fingerprint density at radius 3 is 2.39 bits per heavy atom. The minimum absolute atomic E-state index is 0.0355. The second-order valence-corrected chi connectivity index (χ2v) is 8.88. The molecule has 0 aliphatic carbocycles. The number of ether oxygens (including phenoxy) is 4. The van der Waals surface area contributed by atoms with Crippen molar-refractivity contribution < 1.29 is 33.3 Å². The van der Waals surface area contributed by atoms with E-state index in [1.54, 1.807) is 30.3 Å². The SMILES string of the molecule is C#CCOc1c(Br)cc(/C=C2\C(=O)NC(=O)N(Cc3ccc(OCCC)c(OCC)c3)C2=O)cc1OCC. The molecule has 4 amide bonds. The van der Waals surface area contributed by atoms with Crippen LogP contribution in [-0.2, 0) is 16.1 Å². The Kier molecular flexibility index (Phi) is 10.2. The lowest BCUT2D eigenvalue weighted by Crippen LogP contribution is -2.53. The zero-order valence-corrected chi connectivity index (χ0v) is 23.1. The van der Waals surface area contributed by atoms with Gasteiger partial charge in [-0.2, -0.15) is 0 Å². The molecule has 1 heterocycles. The monoisotopic (exact) mass is 584 g/mol. The van der Waals surface area contributed by atoms with Crippen LogP contribution in [0, 0.1) is 12.3 Å². The Balaban J connectivity index is 1.91. The van der Waals surface area contributed by atoms with Gasteiger partial charge in [-0.15, -0.1) is 6.42 Å². The summed E-state index contributed by atoms with van der Waals surface area (Å²) in [5.74, 6) is 2.74. The molecule has 0 spiro atoms. The number of benzene rings is 2. The van der Waals surface area contributed by atoms with Gasteiger partial charge in [0, 0.05) is 0 Å². The number of rotatable bonds is 12. The highest BCUT2D eigenvalue weighted by atomic mass is 79.9. The fourth-order valence-corrected chi connectivity index (χ4v) is 4.20. The maximum absolute atomic E-state index is 13.3. The van der Waals surface area contributed by atoms with Crippen molar-refractivity contribution >= 4 is 39.9 Å². The highest BCUT2D eigenvalue weighted by Gasteiger charge is 2.36. The maximum atomic E-state index is 13.3. The fourth-order valence-electron chi connectivity index (χ4n) is 3.63. The molecule has 0 unspecified atom stereocenters. The lowest BCUT2D eigenvalue weighted by atomic mass is 10.1. The molecule has 9 nitrogen and oxygen atoms in total. The normalized spacial score (nSPS) is 14.2. The summed E-state index contributed by atoms with van der Waals surface area (Å²) in [6, 6.07) is 7.67. The quantitative estimate of drug-likeness (QED) is 0.219. The van der Waals surface area contributed by atoms with Crippen molar-refractivity contribution in [3.05, 3.63) is 51.5 Å². The van der Waals surface area contributed by atoms with Crippen LogP contribution in [-0.4, -0.2) is 49.2 Å². The largest absolute Gasteiger partial charge is 0.490 e. The van der Waals surface area contributed by atoms with Gasteiger partial charge in [0.1, 0.15) is 12.2 Å². The first-order valence-electron chi connectivity index (χ1n) is 12.1. The van der Waals surface area contributed by atoms with Gasteiger partial charge in [-0.3, -0.25) is 19.8 Å². The van der Waals surface area contributed by atoms with E-state index in [0.717, 1.165) is 11.3 Å². The van der Waals surface area contributed by atoms with Crippen molar-refractivity contribution in [2.24, 2.45) is 0 Å². The number of nitrogens with one attached hydrogen (secondary N) is 1. The van der Waals surface area contributed by atoms with Gasteiger partial charge >= 0.3 is 6.03 Å². The van der Waals surface area contributed by atoms with Crippen LogP contribution < -0.4 is 24.3 Å². The highest BCUT2D eigenvalue weighted by Crippen LogP contribution is 2.38. The number of terminal acetylenes is 1. The third-order valence-electron chi connectivity index (χ3n) is 5.24. The van der Waals surface area contributed by atoms with Gasteiger partial charge in [0.25, 0.3) is 11.8 Å². The molecule has 10 heteroatoms. The van der Waals surface area contributed by atoms with Crippen LogP contribution in [0.2, 0.25) is 0 Å². The summed E-state index contributed by atoms with van der Waals surface area (Å²) < 4.78 is 23.1. The molecule has 0 saturated carbocycles. The van der Waals surface area contributed by atoms with Crippen LogP contribution in [0.1, 0.15) is 38.3 Å². The third-order valence-corrected chi connectivity index (χ3v) is 5.83. The van der Waals surface area contributed by atoms with E-state index < -0.39 is 17.8 Å². The average Bonchev–Trinajstić information content (AvgIpc) is 2.88. The van der Waals surface area contributed by atoms with Gasteiger partial charge in [-0.05, 0) is 77.7 Å².